The van der Waals surface area contributed by atoms with Crippen molar-refractivity contribution in [3.05, 3.63) is 21.9 Å². The minimum Gasteiger partial charge on any atom is -0.465 e. The third-order valence-electron chi connectivity index (χ3n) is 3.28. The van der Waals surface area contributed by atoms with Crippen LogP contribution in [0.1, 0.15) is 25.8 Å². The average Bonchev–Trinajstić information content (AvgIpc) is 3.02. The predicted molar refractivity (Wildman–Crippen MR) is 74.8 cm³/mol. The van der Waals surface area contributed by atoms with Crippen LogP contribution in [-0.2, 0) is 14.6 Å². The lowest BCUT2D eigenvalue weighted by Gasteiger charge is -2.22. The maximum absolute atomic E-state index is 12.3. The summed E-state index contributed by atoms with van der Waals surface area (Å²) < 4.78 is 27.5. The quantitative estimate of drug-likeness (QED) is 0.770. The third-order valence-corrected chi connectivity index (χ3v) is 6.08. The summed E-state index contributed by atoms with van der Waals surface area (Å²) in [5.74, 6) is -0.634. The number of hydrogen-bond acceptors (Lipinski definition) is 6. The number of sulfone groups is 1. The van der Waals surface area contributed by atoms with E-state index in [1.807, 2.05) is 0 Å². The lowest BCUT2D eigenvalue weighted by molar-refractivity contribution is 0.0606. The first-order valence-corrected chi connectivity index (χ1v) is 8.63. The standard InChI is InChI=1S/C12H15NO5S2/c1-13(8-5-6-20(16,17)7-8)11(14)9-3-4-10(19-9)12(15)18-2/h3-4,8H,5-7H2,1-2H3. The normalized spacial score (nSPS) is 20.6. The van der Waals surface area contributed by atoms with Gasteiger partial charge in [-0.25, -0.2) is 13.2 Å². The molecule has 20 heavy (non-hydrogen) atoms. The number of esters is 1. The summed E-state index contributed by atoms with van der Waals surface area (Å²) >= 11 is 1.05. The Morgan fingerprint density at radius 1 is 1.35 bits per heavy atom. The zero-order valence-corrected chi connectivity index (χ0v) is 12.8. The molecule has 0 spiro atoms. The molecule has 0 N–H and O–H groups in total. The molecule has 8 heteroatoms. The molecule has 2 rings (SSSR count). The van der Waals surface area contributed by atoms with Crippen LogP contribution in [0.15, 0.2) is 12.1 Å². The van der Waals surface area contributed by atoms with E-state index in [2.05, 4.69) is 4.74 Å². The Bertz CT molecular complexity index is 634. The van der Waals surface area contributed by atoms with Crippen LogP contribution in [-0.4, -0.2) is 56.9 Å². The van der Waals surface area contributed by atoms with Gasteiger partial charge in [-0.3, -0.25) is 4.79 Å². The second-order valence-electron chi connectivity index (χ2n) is 4.63. The highest BCUT2D eigenvalue weighted by Gasteiger charge is 2.33. The van der Waals surface area contributed by atoms with Gasteiger partial charge >= 0.3 is 5.97 Å². The molecule has 1 aromatic heterocycles. The van der Waals surface area contributed by atoms with Crippen molar-refractivity contribution in [1.29, 1.82) is 0 Å². The summed E-state index contributed by atoms with van der Waals surface area (Å²) in [5, 5.41) is 0. The van der Waals surface area contributed by atoms with Gasteiger partial charge in [0, 0.05) is 13.1 Å². The highest BCUT2D eigenvalue weighted by Crippen LogP contribution is 2.22. The van der Waals surface area contributed by atoms with Gasteiger partial charge in [0.1, 0.15) is 4.88 Å². The minimum absolute atomic E-state index is 0.00444. The van der Waals surface area contributed by atoms with Crippen molar-refractivity contribution < 1.29 is 22.7 Å². The number of carbonyl (C=O) groups is 2. The van der Waals surface area contributed by atoms with E-state index >= 15 is 0 Å². The summed E-state index contributed by atoms with van der Waals surface area (Å²) in [6, 6.07) is 2.79. The molecule has 6 nitrogen and oxygen atoms in total. The second kappa shape index (κ2) is 5.53. The number of thiophene rings is 1. The van der Waals surface area contributed by atoms with E-state index in [0.717, 1.165) is 11.3 Å². The Labute approximate surface area is 121 Å². The third kappa shape index (κ3) is 3.01. The molecule has 1 amide bonds. The molecule has 1 aromatic rings. The maximum atomic E-state index is 12.3. The van der Waals surface area contributed by atoms with Crippen molar-refractivity contribution in [3.8, 4) is 0 Å². The molecule has 1 fully saturated rings. The molecule has 1 aliphatic rings. The number of nitrogens with zero attached hydrogens (tertiary/aromatic N) is 1. The Morgan fingerprint density at radius 2 is 2.00 bits per heavy atom. The SMILES string of the molecule is COC(=O)c1ccc(C(=O)N(C)C2CCS(=O)(=O)C2)s1. The molecule has 1 aliphatic heterocycles. The van der Waals surface area contributed by atoms with Crippen LogP contribution in [0.25, 0.3) is 0 Å². The van der Waals surface area contributed by atoms with Crippen LogP contribution >= 0.6 is 11.3 Å². The molecule has 1 atom stereocenters. The van der Waals surface area contributed by atoms with E-state index in [1.54, 1.807) is 13.1 Å². The fourth-order valence-corrected chi connectivity index (χ4v) is 4.77. The summed E-state index contributed by atoms with van der Waals surface area (Å²) in [6.45, 7) is 0. The summed E-state index contributed by atoms with van der Waals surface area (Å²) in [7, 11) is -0.167. The molecule has 1 saturated heterocycles. The molecule has 0 saturated carbocycles. The van der Waals surface area contributed by atoms with E-state index < -0.39 is 15.8 Å². The van der Waals surface area contributed by atoms with Crippen LogP contribution in [0.3, 0.4) is 0 Å². The van der Waals surface area contributed by atoms with Crippen molar-refractivity contribution >= 4 is 33.1 Å². The van der Waals surface area contributed by atoms with Gasteiger partial charge in [-0.05, 0) is 18.6 Å². The fraction of sp³-hybridized carbons (Fsp3) is 0.500. The maximum Gasteiger partial charge on any atom is 0.348 e. The monoisotopic (exact) mass is 317 g/mol. The minimum atomic E-state index is -3.03. The van der Waals surface area contributed by atoms with E-state index in [1.165, 1.54) is 18.1 Å². The topological polar surface area (TPSA) is 80.8 Å². The highest BCUT2D eigenvalue weighted by atomic mass is 32.2. The molecule has 0 aromatic carbocycles. The molecule has 2 heterocycles. The Hall–Kier alpha value is -1.41. The number of carbonyl (C=O) groups excluding carboxylic acids is 2. The van der Waals surface area contributed by atoms with Crippen LogP contribution in [0.5, 0.6) is 0 Å². The van der Waals surface area contributed by atoms with Gasteiger partial charge in [0.15, 0.2) is 9.84 Å². The van der Waals surface area contributed by atoms with Gasteiger partial charge in [0.25, 0.3) is 5.91 Å². The van der Waals surface area contributed by atoms with Crippen molar-refractivity contribution in [3.63, 3.8) is 0 Å². The van der Waals surface area contributed by atoms with Gasteiger partial charge < -0.3 is 9.64 Å². The lowest BCUT2D eigenvalue weighted by Crippen LogP contribution is -2.37. The van der Waals surface area contributed by atoms with E-state index in [0.29, 0.717) is 16.2 Å². The van der Waals surface area contributed by atoms with Crippen LogP contribution in [0.2, 0.25) is 0 Å². The lowest BCUT2D eigenvalue weighted by atomic mass is 10.2. The second-order valence-corrected chi connectivity index (χ2v) is 7.94. The number of ether oxygens (including phenoxy) is 1. The number of amides is 1. The number of hydrogen-bond donors (Lipinski definition) is 0. The molecule has 0 bridgehead atoms. The zero-order valence-electron chi connectivity index (χ0n) is 11.2. The largest absolute Gasteiger partial charge is 0.465 e. The first-order chi connectivity index (χ1) is 9.34. The van der Waals surface area contributed by atoms with Crippen LogP contribution in [0, 0.1) is 0 Å². The van der Waals surface area contributed by atoms with Crippen molar-refractivity contribution in [2.45, 2.75) is 12.5 Å². The van der Waals surface area contributed by atoms with Crippen LogP contribution in [0.4, 0.5) is 0 Å². The van der Waals surface area contributed by atoms with Gasteiger partial charge in [0.05, 0.1) is 23.5 Å². The molecule has 1 unspecified atom stereocenters. The van der Waals surface area contributed by atoms with Gasteiger partial charge in [-0.15, -0.1) is 11.3 Å². The van der Waals surface area contributed by atoms with Crippen molar-refractivity contribution in [2.75, 3.05) is 25.7 Å². The fourth-order valence-electron chi connectivity index (χ4n) is 2.08. The van der Waals surface area contributed by atoms with Gasteiger partial charge in [-0.1, -0.05) is 0 Å². The molecule has 110 valence electrons. The first-order valence-electron chi connectivity index (χ1n) is 6.00. The Morgan fingerprint density at radius 3 is 2.55 bits per heavy atom. The van der Waals surface area contributed by atoms with E-state index in [-0.39, 0.29) is 23.5 Å². The summed E-state index contributed by atoms with van der Waals surface area (Å²) in [6.07, 6.45) is 0.458. The molecule has 0 aliphatic carbocycles. The van der Waals surface area contributed by atoms with Crippen molar-refractivity contribution in [2.24, 2.45) is 0 Å². The van der Waals surface area contributed by atoms with E-state index in [9.17, 15) is 18.0 Å². The number of methoxy groups -OCH3 is 1. The van der Waals surface area contributed by atoms with Gasteiger partial charge in [0.2, 0.25) is 0 Å². The molecular formula is C12H15NO5S2. The van der Waals surface area contributed by atoms with Gasteiger partial charge in [-0.2, -0.15) is 0 Å². The zero-order chi connectivity index (χ0) is 14.9. The van der Waals surface area contributed by atoms with Crippen molar-refractivity contribution in [1.82, 2.24) is 4.90 Å². The molecular weight excluding hydrogens is 302 g/mol. The average molecular weight is 317 g/mol. The molecule has 0 radical (unpaired) electrons. The van der Waals surface area contributed by atoms with Crippen LogP contribution < -0.4 is 0 Å². The van der Waals surface area contributed by atoms with E-state index in [4.69, 9.17) is 0 Å². The Kier molecular flexibility index (Phi) is 4.14. The predicted octanol–water partition coefficient (Wildman–Crippen LogP) is 0.794. The Balaban J connectivity index is 2.11. The highest BCUT2D eigenvalue weighted by molar-refractivity contribution is 7.91. The first kappa shape index (κ1) is 15.0. The number of rotatable bonds is 3. The smallest absolute Gasteiger partial charge is 0.348 e. The summed E-state index contributed by atoms with van der Waals surface area (Å²) in [5.41, 5.74) is 0. The summed E-state index contributed by atoms with van der Waals surface area (Å²) in [4.78, 5) is 25.8.